The number of hydrogen-bond acceptors (Lipinski definition) is 2. The van der Waals surface area contributed by atoms with Crippen molar-refractivity contribution in [3.63, 3.8) is 0 Å². The molecule has 0 radical (unpaired) electrons. The van der Waals surface area contributed by atoms with Crippen LogP contribution in [0.4, 0.5) is 5.69 Å². The molecule has 1 aromatic rings. The average molecular weight is 233 g/mol. The van der Waals surface area contributed by atoms with Gasteiger partial charge in [-0.25, -0.2) is 0 Å². The minimum absolute atomic E-state index is 0.00750. The maximum atomic E-state index is 11.8. The summed E-state index contributed by atoms with van der Waals surface area (Å²) in [6, 6.07) is 7.58. The Kier molecular flexibility index (Phi) is 3.13. The highest BCUT2D eigenvalue weighted by molar-refractivity contribution is 5.95. The van der Waals surface area contributed by atoms with E-state index in [2.05, 4.69) is 0 Å². The molecule has 0 aromatic heterocycles. The number of carboxylic acid groups (broad SMARTS) is 1. The SMILES string of the molecule is Cc1cccc(N2CC(C(=O)O)CCC2=O)c1. The fourth-order valence-corrected chi connectivity index (χ4v) is 2.09. The molecule has 0 aliphatic carbocycles. The highest BCUT2D eigenvalue weighted by Crippen LogP contribution is 2.24. The topological polar surface area (TPSA) is 57.6 Å². The third kappa shape index (κ3) is 2.46. The zero-order chi connectivity index (χ0) is 12.4. The molecule has 1 unspecified atom stereocenters. The molecule has 1 N–H and O–H groups in total. The van der Waals surface area contributed by atoms with E-state index in [4.69, 9.17) is 5.11 Å². The van der Waals surface area contributed by atoms with Crippen LogP contribution in [0, 0.1) is 12.8 Å². The van der Waals surface area contributed by atoms with Gasteiger partial charge in [0.1, 0.15) is 0 Å². The highest BCUT2D eigenvalue weighted by atomic mass is 16.4. The summed E-state index contributed by atoms with van der Waals surface area (Å²) in [6.07, 6.45) is 0.751. The molecule has 0 saturated carbocycles. The van der Waals surface area contributed by atoms with E-state index in [1.165, 1.54) is 0 Å². The quantitative estimate of drug-likeness (QED) is 0.847. The number of piperidine rings is 1. The molecular weight excluding hydrogens is 218 g/mol. The van der Waals surface area contributed by atoms with Crippen LogP contribution in [0.2, 0.25) is 0 Å². The van der Waals surface area contributed by atoms with Crippen LogP contribution in [-0.4, -0.2) is 23.5 Å². The van der Waals surface area contributed by atoms with Crippen LogP contribution in [0.3, 0.4) is 0 Å². The van der Waals surface area contributed by atoms with Crippen LogP contribution >= 0.6 is 0 Å². The number of nitrogens with zero attached hydrogens (tertiary/aromatic N) is 1. The zero-order valence-electron chi connectivity index (χ0n) is 9.72. The van der Waals surface area contributed by atoms with Crippen LogP contribution in [0.5, 0.6) is 0 Å². The molecule has 0 spiro atoms. The van der Waals surface area contributed by atoms with E-state index in [1.807, 2.05) is 31.2 Å². The van der Waals surface area contributed by atoms with Gasteiger partial charge in [-0.3, -0.25) is 9.59 Å². The predicted octanol–water partition coefficient (Wildman–Crippen LogP) is 1.82. The molecule has 1 atom stereocenters. The number of carboxylic acids is 1. The fraction of sp³-hybridized carbons (Fsp3) is 0.385. The number of hydrogen-bond donors (Lipinski definition) is 1. The summed E-state index contributed by atoms with van der Waals surface area (Å²) in [5.74, 6) is -1.27. The standard InChI is InChI=1S/C13H15NO3/c1-9-3-2-4-11(7-9)14-8-10(13(16)17)5-6-12(14)15/h2-4,7,10H,5-6,8H2,1H3,(H,16,17). The summed E-state index contributed by atoms with van der Waals surface area (Å²) >= 11 is 0. The van der Waals surface area contributed by atoms with E-state index in [-0.39, 0.29) is 12.5 Å². The van der Waals surface area contributed by atoms with Crippen LogP contribution < -0.4 is 4.90 Å². The summed E-state index contributed by atoms with van der Waals surface area (Å²) in [6.45, 7) is 2.23. The Morgan fingerprint density at radius 3 is 2.88 bits per heavy atom. The van der Waals surface area contributed by atoms with E-state index < -0.39 is 11.9 Å². The normalized spacial score (nSPS) is 20.4. The lowest BCUT2D eigenvalue weighted by Crippen LogP contribution is -2.42. The Morgan fingerprint density at radius 1 is 1.47 bits per heavy atom. The first-order valence-electron chi connectivity index (χ1n) is 5.68. The summed E-state index contributed by atoms with van der Waals surface area (Å²) < 4.78 is 0. The van der Waals surface area contributed by atoms with E-state index in [0.717, 1.165) is 11.3 Å². The first-order valence-corrected chi connectivity index (χ1v) is 5.68. The first-order chi connectivity index (χ1) is 8.08. The number of carbonyl (C=O) groups is 2. The maximum absolute atomic E-state index is 11.8. The molecule has 1 fully saturated rings. The monoisotopic (exact) mass is 233 g/mol. The Labute approximate surface area is 99.9 Å². The van der Waals surface area contributed by atoms with Crippen molar-refractivity contribution in [1.82, 2.24) is 0 Å². The minimum Gasteiger partial charge on any atom is -0.481 e. The predicted molar refractivity (Wildman–Crippen MR) is 63.9 cm³/mol. The molecule has 17 heavy (non-hydrogen) atoms. The van der Waals surface area contributed by atoms with Crippen LogP contribution in [0.15, 0.2) is 24.3 Å². The maximum Gasteiger partial charge on any atom is 0.308 e. The summed E-state index contributed by atoms with van der Waals surface area (Å²) in [5, 5.41) is 9.01. The number of aryl methyl sites for hydroxylation is 1. The van der Waals surface area contributed by atoms with Crippen molar-refractivity contribution in [2.45, 2.75) is 19.8 Å². The number of aliphatic carboxylic acids is 1. The van der Waals surface area contributed by atoms with E-state index in [0.29, 0.717) is 12.8 Å². The van der Waals surface area contributed by atoms with Gasteiger partial charge in [0.25, 0.3) is 0 Å². The molecule has 1 aliphatic rings. The van der Waals surface area contributed by atoms with Gasteiger partial charge in [0.15, 0.2) is 0 Å². The van der Waals surface area contributed by atoms with Crippen molar-refractivity contribution >= 4 is 17.6 Å². The third-order valence-corrected chi connectivity index (χ3v) is 3.07. The molecule has 1 amide bonds. The Morgan fingerprint density at radius 2 is 2.24 bits per heavy atom. The van der Waals surface area contributed by atoms with E-state index in [1.54, 1.807) is 4.90 Å². The number of anilines is 1. The van der Waals surface area contributed by atoms with Gasteiger partial charge in [-0.15, -0.1) is 0 Å². The molecule has 1 aromatic carbocycles. The lowest BCUT2D eigenvalue weighted by atomic mass is 9.97. The van der Waals surface area contributed by atoms with Crippen molar-refractivity contribution in [3.8, 4) is 0 Å². The molecule has 1 saturated heterocycles. The number of amides is 1. The zero-order valence-corrected chi connectivity index (χ0v) is 9.72. The third-order valence-electron chi connectivity index (χ3n) is 3.07. The second-order valence-electron chi connectivity index (χ2n) is 4.42. The van der Waals surface area contributed by atoms with E-state index in [9.17, 15) is 9.59 Å². The van der Waals surface area contributed by atoms with Crippen LogP contribution in [0.25, 0.3) is 0 Å². The van der Waals surface area contributed by atoms with Crippen LogP contribution in [-0.2, 0) is 9.59 Å². The number of benzene rings is 1. The molecule has 4 heteroatoms. The summed E-state index contributed by atoms with van der Waals surface area (Å²) in [4.78, 5) is 24.4. The Balaban J connectivity index is 2.23. The molecule has 1 aliphatic heterocycles. The highest BCUT2D eigenvalue weighted by Gasteiger charge is 2.30. The Hall–Kier alpha value is -1.84. The fourth-order valence-electron chi connectivity index (χ4n) is 2.09. The lowest BCUT2D eigenvalue weighted by molar-refractivity contribution is -0.142. The van der Waals surface area contributed by atoms with Gasteiger partial charge in [-0.2, -0.15) is 0 Å². The molecule has 4 nitrogen and oxygen atoms in total. The van der Waals surface area contributed by atoms with Gasteiger partial charge in [0.05, 0.1) is 5.92 Å². The molecule has 0 bridgehead atoms. The van der Waals surface area contributed by atoms with Crippen molar-refractivity contribution in [2.24, 2.45) is 5.92 Å². The number of rotatable bonds is 2. The minimum atomic E-state index is -0.824. The summed E-state index contributed by atoms with van der Waals surface area (Å²) in [5.41, 5.74) is 1.86. The van der Waals surface area contributed by atoms with Gasteiger partial charge in [0.2, 0.25) is 5.91 Å². The van der Waals surface area contributed by atoms with Crippen molar-refractivity contribution in [1.29, 1.82) is 0 Å². The lowest BCUT2D eigenvalue weighted by Gasteiger charge is -2.30. The van der Waals surface area contributed by atoms with Crippen LogP contribution in [0.1, 0.15) is 18.4 Å². The van der Waals surface area contributed by atoms with Gasteiger partial charge in [-0.05, 0) is 31.0 Å². The van der Waals surface area contributed by atoms with Gasteiger partial charge in [-0.1, -0.05) is 12.1 Å². The van der Waals surface area contributed by atoms with Gasteiger partial charge >= 0.3 is 5.97 Å². The van der Waals surface area contributed by atoms with Crippen molar-refractivity contribution < 1.29 is 14.7 Å². The Bertz CT molecular complexity index is 456. The molecule has 2 rings (SSSR count). The smallest absolute Gasteiger partial charge is 0.308 e. The van der Waals surface area contributed by atoms with Crippen molar-refractivity contribution in [3.05, 3.63) is 29.8 Å². The average Bonchev–Trinajstić information content (AvgIpc) is 2.29. The second kappa shape index (κ2) is 4.57. The first kappa shape index (κ1) is 11.6. The number of carbonyl (C=O) groups excluding carboxylic acids is 1. The van der Waals surface area contributed by atoms with E-state index >= 15 is 0 Å². The molecule has 1 heterocycles. The second-order valence-corrected chi connectivity index (χ2v) is 4.42. The molecule has 90 valence electrons. The van der Waals surface area contributed by atoms with Crippen molar-refractivity contribution in [2.75, 3.05) is 11.4 Å². The van der Waals surface area contributed by atoms with Gasteiger partial charge in [0, 0.05) is 18.7 Å². The van der Waals surface area contributed by atoms with Gasteiger partial charge < -0.3 is 10.0 Å². The summed E-state index contributed by atoms with van der Waals surface area (Å²) in [7, 11) is 0. The molecular formula is C13H15NO3. The largest absolute Gasteiger partial charge is 0.481 e.